The van der Waals surface area contributed by atoms with Crippen LogP contribution in [0.25, 0.3) is 93.9 Å². The number of nitrogens with zero attached hydrogens (tertiary/aromatic N) is 1. The quantitative estimate of drug-likeness (QED) is 0.169. The average Bonchev–Trinajstić information content (AvgIpc) is 3.92. The van der Waals surface area contributed by atoms with Crippen molar-refractivity contribution in [3.8, 4) is 50.2 Å². The molecule has 12 aromatic rings. The molecule has 0 fully saturated rings. The van der Waals surface area contributed by atoms with Crippen LogP contribution in [0.15, 0.2) is 229 Å². The van der Waals surface area contributed by atoms with E-state index in [-0.39, 0.29) is 11.8 Å². The van der Waals surface area contributed by atoms with Crippen LogP contribution in [0.1, 0.15) is 45.2 Å². The van der Waals surface area contributed by atoms with Gasteiger partial charge in [-0.05, 0) is 132 Å². The van der Waals surface area contributed by atoms with Crippen LogP contribution in [0.4, 0.5) is 0 Å². The molecular formula is C62H39NO. The molecule has 2 aromatic heterocycles. The van der Waals surface area contributed by atoms with Crippen LogP contribution in [0, 0.1) is 0 Å². The maximum absolute atomic E-state index is 6.75. The first-order valence-electron chi connectivity index (χ1n) is 22.3. The molecule has 0 unspecified atom stereocenters. The van der Waals surface area contributed by atoms with Gasteiger partial charge < -0.3 is 8.98 Å². The van der Waals surface area contributed by atoms with Gasteiger partial charge in [0.1, 0.15) is 11.2 Å². The Balaban J connectivity index is 1.03. The number of hydrogen-bond donors (Lipinski definition) is 0. The van der Waals surface area contributed by atoms with Gasteiger partial charge in [-0.3, -0.25) is 0 Å². The number of para-hydroxylation sites is 2. The summed E-state index contributed by atoms with van der Waals surface area (Å²) in [7, 11) is 0. The average molecular weight is 814 g/mol. The van der Waals surface area contributed by atoms with E-state index in [4.69, 9.17) is 4.42 Å². The van der Waals surface area contributed by atoms with Gasteiger partial charge in [-0.25, -0.2) is 0 Å². The Morgan fingerprint density at radius 3 is 1.52 bits per heavy atom. The fourth-order valence-electron chi connectivity index (χ4n) is 11.5. The van der Waals surface area contributed by atoms with Crippen molar-refractivity contribution in [3.63, 3.8) is 0 Å². The van der Waals surface area contributed by atoms with E-state index in [1.54, 1.807) is 0 Å². The van der Waals surface area contributed by atoms with E-state index in [2.05, 4.69) is 229 Å². The van der Waals surface area contributed by atoms with Gasteiger partial charge in [-0.1, -0.05) is 170 Å². The number of rotatable bonds is 5. The molecule has 2 heterocycles. The third-order valence-corrected chi connectivity index (χ3v) is 14.2. The maximum Gasteiger partial charge on any atom is 0.145 e. The first-order chi connectivity index (χ1) is 31.8. The Morgan fingerprint density at radius 1 is 0.328 bits per heavy atom. The summed E-state index contributed by atoms with van der Waals surface area (Å²) in [6.07, 6.45) is 0. The van der Waals surface area contributed by atoms with Gasteiger partial charge in [0, 0.05) is 28.0 Å². The number of fused-ring (bicyclic) bond motifs is 7. The summed E-state index contributed by atoms with van der Waals surface area (Å²) < 4.78 is 9.28. The molecule has 0 N–H and O–H groups in total. The van der Waals surface area contributed by atoms with E-state index >= 15 is 0 Å². The molecule has 0 aliphatic heterocycles. The van der Waals surface area contributed by atoms with Gasteiger partial charge in [0.2, 0.25) is 0 Å². The zero-order chi connectivity index (χ0) is 41.9. The number of hydrogen-bond acceptors (Lipinski definition) is 1. The molecule has 0 amide bonds. The number of furan rings is 1. The smallest absolute Gasteiger partial charge is 0.145 e. The molecule has 10 aromatic carbocycles. The highest BCUT2D eigenvalue weighted by atomic mass is 16.3. The largest absolute Gasteiger partial charge is 0.455 e. The molecule has 0 atom stereocenters. The van der Waals surface area contributed by atoms with Gasteiger partial charge in [0.15, 0.2) is 0 Å². The Labute approximate surface area is 370 Å². The number of benzene rings is 10. The van der Waals surface area contributed by atoms with E-state index < -0.39 is 0 Å². The molecule has 2 heteroatoms. The Hall–Kier alpha value is -8.20. The van der Waals surface area contributed by atoms with Crippen LogP contribution in [0.3, 0.4) is 0 Å². The first-order valence-corrected chi connectivity index (χ1v) is 22.3. The minimum Gasteiger partial charge on any atom is -0.455 e. The van der Waals surface area contributed by atoms with Crippen LogP contribution in [-0.2, 0) is 0 Å². The molecule has 3 aliphatic carbocycles. The van der Waals surface area contributed by atoms with E-state index in [0.717, 1.165) is 32.8 Å². The zero-order valence-corrected chi connectivity index (χ0v) is 34.9. The van der Waals surface area contributed by atoms with Crippen molar-refractivity contribution < 1.29 is 4.42 Å². The van der Waals surface area contributed by atoms with Gasteiger partial charge in [0.25, 0.3) is 0 Å². The molecule has 3 aliphatic rings. The second-order valence-electron chi connectivity index (χ2n) is 17.5. The maximum atomic E-state index is 6.75. The lowest BCUT2D eigenvalue weighted by molar-refractivity contribution is 0.673. The lowest BCUT2D eigenvalue weighted by atomic mass is 9.59. The molecule has 0 spiro atoms. The van der Waals surface area contributed by atoms with Crippen molar-refractivity contribution in [2.45, 2.75) is 11.8 Å². The molecule has 0 saturated carbocycles. The molecule has 0 radical (unpaired) electrons. The minimum absolute atomic E-state index is 0.0626. The summed E-state index contributed by atoms with van der Waals surface area (Å²) in [4.78, 5) is 0. The van der Waals surface area contributed by atoms with E-state index in [9.17, 15) is 0 Å². The van der Waals surface area contributed by atoms with Gasteiger partial charge >= 0.3 is 0 Å². The highest BCUT2D eigenvalue weighted by Gasteiger charge is 2.44. The van der Waals surface area contributed by atoms with Gasteiger partial charge in [-0.2, -0.15) is 0 Å². The second-order valence-corrected chi connectivity index (χ2v) is 17.5. The van der Waals surface area contributed by atoms with Gasteiger partial charge in [0.05, 0.1) is 22.1 Å². The molecule has 2 nitrogen and oxygen atoms in total. The molecule has 2 bridgehead atoms. The van der Waals surface area contributed by atoms with Crippen LogP contribution in [0.5, 0.6) is 0 Å². The molecular weight excluding hydrogens is 775 g/mol. The molecule has 0 saturated heterocycles. The van der Waals surface area contributed by atoms with Crippen LogP contribution in [0.2, 0.25) is 0 Å². The van der Waals surface area contributed by atoms with Crippen molar-refractivity contribution >= 4 is 43.7 Å². The van der Waals surface area contributed by atoms with E-state index in [0.29, 0.717) is 0 Å². The highest BCUT2D eigenvalue weighted by Crippen LogP contribution is 2.60. The molecule has 64 heavy (non-hydrogen) atoms. The Kier molecular flexibility index (Phi) is 7.55. The van der Waals surface area contributed by atoms with Crippen LogP contribution in [-0.4, -0.2) is 4.57 Å². The van der Waals surface area contributed by atoms with Crippen LogP contribution < -0.4 is 0 Å². The SMILES string of the molecule is c1ccc(-c2cc(-c3ccccc3)cc(-c3cccc(-c4ccc(-n5c6ccccc6c6c7oc8ccccc8c7ccc65)c5c4C4c6ccccc6C5c5ccccc54)c3)c2)cc1. The van der Waals surface area contributed by atoms with Crippen LogP contribution >= 0.6 is 0 Å². The van der Waals surface area contributed by atoms with Crippen molar-refractivity contribution in [2.75, 3.05) is 0 Å². The topological polar surface area (TPSA) is 18.1 Å². The number of aromatic nitrogens is 1. The lowest BCUT2D eigenvalue weighted by Crippen LogP contribution is -2.29. The predicted octanol–water partition coefficient (Wildman–Crippen LogP) is 16.3. The summed E-state index contributed by atoms with van der Waals surface area (Å²) in [5.74, 6) is 0.139. The highest BCUT2D eigenvalue weighted by molar-refractivity contribution is 6.24. The molecule has 298 valence electrons. The first kappa shape index (κ1) is 35.4. The van der Waals surface area contributed by atoms with Crippen molar-refractivity contribution in [1.29, 1.82) is 0 Å². The summed E-state index contributed by atoms with van der Waals surface area (Å²) in [6, 6.07) is 82.9. The van der Waals surface area contributed by atoms with Crippen molar-refractivity contribution in [1.82, 2.24) is 4.57 Å². The third kappa shape index (κ3) is 5.08. The van der Waals surface area contributed by atoms with Crippen molar-refractivity contribution in [2.24, 2.45) is 0 Å². The fraction of sp³-hybridized carbons (Fsp3) is 0.0323. The van der Waals surface area contributed by atoms with Gasteiger partial charge in [-0.15, -0.1) is 0 Å². The fourth-order valence-corrected chi connectivity index (χ4v) is 11.5. The lowest BCUT2D eigenvalue weighted by Gasteiger charge is -2.44. The Bertz CT molecular complexity index is 3750. The summed E-state index contributed by atoms with van der Waals surface area (Å²) >= 11 is 0. The van der Waals surface area contributed by atoms with Crippen molar-refractivity contribution in [3.05, 3.63) is 258 Å². The summed E-state index contributed by atoms with van der Waals surface area (Å²) in [5, 5.41) is 4.65. The summed E-state index contributed by atoms with van der Waals surface area (Å²) in [5.41, 5.74) is 23.5. The Morgan fingerprint density at radius 2 is 0.844 bits per heavy atom. The minimum atomic E-state index is 0.0626. The van der Waals surface area contributed by atoms with E-state index in [1.165, 1.54) is 94.5 Å². The second kappa shape index (κ2) is 13.6. The standard InChI is InChI=1S/C62H39NO/c1-3-16-38(17-4-1)42-35-43(39-18-5-2-6-19-39)37-44(36-42)40-20-15-21-41(34-40)45-30-32-55(61-58-49-25-9-7-23-47(49)57(60(45)61)48-24-8-10-26-50(48)58)63-53-28-13-11-27-52(53)59-54(63)33-31-51-46-22-12-14-29-56(46)64-62(51)59/h1-37,57-58H. The van der Waals surface area contributed by atoms with E-state index in [1.807, 2.05) is 0 Å². The predicted molar refractivity (Wildman–Crippen MR) is 265 cm³/mol. The zero-order valence-electron chi connectivity index (χ0n) is 34.9. The third-order valence-electron chi connectivity index (χ3n) is 14.2. The normalized spacial score (nSPS) is 14.9. The molecule has 15 rings (SSSR count). The summed E-state index contributed by atoms with van der Waals surface area (Å²) in [6.45, 7) is 0. The monoisotopic (exact) mass is 813 g/mol.